The van der Waals surface area contributed by atoms with Crippen molar-refractivity contribution in [2.75, 3.05) is 39.4 Å². The monoisotopic (exact) mass is 492 g/mol. The molecule has 0 saturated carbocycles. The Hall–Kier alpha value is -3.27. The van der Waals surface area contributed by atoms with Crippen molar-refractivity contribution in [2.45, 2.75) is 19.4 Å². The van der Waals surface area contributed by atoms with E-state index >= 15 is 0 Å². The molecule has 0 bridgehead atoms. The van der Waals surface area contributed by atoms with E-state index in [1.165, 1.54) is 11.3 Å². The topological polar surface area (TPSA) is 87.9 Å². The van der Waals surface area contributed by atoms with Gasteiger partial charge in [-0.05, 0) is 36.9 Å². The number of carbonyl (C=O) groups excluding carboxylic acids is 2. The second kappa shape index (κ2) is 10.2. The van der Waals surface area contributed by atoms with E-state index in [-0.39, 0.29) is 11.3 Å². The number of rotatable bonds is 7. The zero-order chi connectivity index (χ0) is 24.4. The van der Waals surface area contributed by atoms with Crippen molar-refractivity contribution >= 4 is 28.8 Å². The number of Topliss-reactive ketones (excluding diaryl/α,β-unsaturated/α-hetero) is 1. The molecule has 1 N–H and O–H groups in total. The number of aliphatic hydroxyl groups is 1. The predicted octanol–water partition coefficient (Wildman–Crippen LogP) is 3.39. The Labute approximate surface area is 208 Å². The van der Waals surface area contributed by atoms with Crippen LogP contribution in [0.1, 0.15) is 28.6 Å². The molecule has 2 aromatic heterocycles. The van der Waals surface area contributed by atoms with Gasteiger partial charge in [0.25, 0.3) is 11.7 Å². The summed E-state index contributed by atoms with van der Waals surface area (Å²) in [5, 5.41) is 17.7. The Morgan fingerprint density at radius 1 is 1.11 bits per heavy atom. The average molecular weight is 493 g/mol. The van der Waals surface area contributed by atoms with Crippen LogP contribution < -0.4 is 0 Å². The minimum Gasteiger partial charge on any atom is -0.507 e. The van der Waals surface area contributed by atoms with Gasteiger partial charge in [-0.1, -0.05) is 24.3 Å². The predicted molar refractivity (Wildman–Crippen MR) is 134 cm³/mol. The third-order valence-electron chi connectivity index (χ3n) is 6.60. The molecule has 5 rings (SSSR count). The van der Waals surface area contributed by atoms with E-state index in [2.05, 4.69) is 10.00 Å². The summed E-state index contributed by atoms with van der Waals surface area (Å²) in [5.74, 6) is -1.41. The van der Waals surface area contributed by atoms with Gasteiger partial charge in [0.15, 0.2) is 0 Å². The number of aliphatic hydroxyl groups excluding tert-OH is 1. The van der Waals surface area contributed by atoms with Crippen LogP contribution in [0.25, 0.3) is 11.4 Å². The first kappa shape index (κ1) is 23.5. The molecule has 1 aromatic carbocycles. The zero-order valence-electron chi connectivity index (χ0n) is 19.6. The average Bonchev–Trinajstić information content (AvgIpc) is 3.60. The van der Waals surface area contributed by atoms with Crippen LogP contribution in [0.4, 0.5) is 0 Å². The highest BCUT2D eigenvalue weighted by molar-refractivity contribution is 7.10. The summed E-state index contributed by atoms with van der Waals surface area (Å²) in [6.07, 6.45) is 2.29. The lowest BCUT2D eigenvalue weighted by molar-refractivity contribution is -0.140. The number of hydrogen-bond acceptors (Lipinski definition) is 7. The van der Waals surface area contributed by atoms with Crippen molar-refractivity contribution in [1.82, 2.24) is 19.6 Å². The maximum absolute atomic E-state index is 13.2. The standard InChI is InChI=1S/C26H28N4O4S/c1-18-20(17-27-30(18)19-7-3-2-4-8-19)24(31)22-23(21-9-5-16-35-21)29(26(33)25(22)32)11-6-10-28-12-14-34-15-13-28/h2-5,7-9,16-17,23,31H,6,10-15H2,1H3/b24-22+/t23-/m0/s1. The van der Waals surface area contributed by atoms with Gasteiger partial charge in [-0.25, -0.2) is 4.68 Å². The third-order valence-corrected chi connectivity index (χ3v) is 7.52. The molecule has 0 radical (unpaired) electrons. The lowest BCUT2D eigenvalue weighted by Crippen LogP contribution is -2.38. The number of thiophene rings is 1. The molecule has 9 heteroatoms. The van der Waals surface area contributed by atoms with Gasteiger partial charge in [0.05, 0.1) is 48.0 Å². The highest BCUT2D eigenvalue weighted by Gasteiger charge is 2.46. The summed E-state index contributed by atoms with van der Waals surface area (Å²) in [7, 11) is 0. The second-order valence-electron chi connectivity index (χ2n) is 8.71. The van der Waals surface area contributed by atoms with E-state index in [1.54, 1.807) is 15.8 Å². The van der Waals surface area contributed by atoms with Crippen LogP contribution in [0, 0.1) is 6.92 Å². The Morgan fingerprint density at radius 2 is 1.89 bits per heavy atom. The molecule has 0 unspecified atom stereocenters. The maximum atomic E-state index is 13.2. The Bertz CT molecular complexity index is 1230. The summed E-state index contributed by atoms with van der Waals surface area (Å²) in [5.41, 5.74) is 2.11. The lowest BCUT2D eigenvalue weighted by Gasteiger charge is -2.28. The normalized spacial score (nSPS) is 20.6. The molecule has 8 nitrogen and oxygen atoms in total. The molecule has 2 aliphatic heterocycles. The van der Waals surface area contributed by atoms with Crippen LogP contribution in [0.2, 0.25) is 0 Å². The van der Waals surface area contributed by atoms with Crippen LogP contribution >= 0.6 is 11.3 Å². The van der Waals surface area contributed by atoms with Gasteiger partial charge in [0.2, 0.25) is 0 Å². The van der Waals surface area contributed by atoms with Crippen molar-refractivity contribution in [3.63, 3.8) is 0 Å². The summed E-state index contributed by atoms with van der Waals surface area (Å²) in [4.78, 5) is 31.1. The fourth-order valence-electron chi connectivity index (χ4n) is 4.76. The number of aromatic nitrogens is 2. The van der Waals surface area contributed by atoms with Crippen LogP contribution in [0.15, 0.2) is 59.6 Å². The Kier molecular flexibility index (Phi) is 6.81. The molecule has 1 amide bonds. The molecular weight excluding hydrogens is 464 g/mol. The van der Waals surface area contributed by atoms with Crippen LogP contribution in [0.3, 0.4) is 0 Å². The van der Waals surface area contributed by atoms with Crippen molar-refractivity contribution < 1.29 is 19.4 Å². The molecule has 182 valence electrons. The van der Waals surface area contributed by atoms with Gasteiger partial charge in [0, 0.05) is 31.1 Å². The summed E-state index contributed by atoms with van der Waals surface area (Å²) in [6.45, 7) is 6.28. The highest BCUT2D eigenvalue weighted by Crippen LogP contribution is 2.41. The summed E-state index contributed by atoms with van der Waals surface area (Å²) < 4.78 is 7.12. The Morgan fingerprint density at radius 3 is 2.60 bits per heavy atom. The SMILES string of the molecule is Cc1c(/C(O)=C2\C(=O)C(=O)N(CCCN3CCOCC3)[C@H]2c2cccs2)cnn1-c1ccccc1. The number of hydrogen-bond donors (Lipinski definition) is 1. The van der Waals surface area contributed by atoms with Crippen molar-refractivity contribution in [1.29, 1.82) is 0 Å². The van der Waals surface area contributed by atoms with E-state index in [1.807, 2.05) is 54.8 Å². The van der Waals surface area contributed by atoms with E-state index in [4.69, 9.17) is 4.74 Å². The maximum Gasteiger partial charge on any atom is 0.295 e. The number of benzene rings is 1. The minimum absolute atomic E-state index is 0.125. The number of morpholine rings is 1. The molecule has 2 fully saturated rings. The first-order chi connectivity index (χ1) is 17.1. The first-order valence-electron chi connectivity index (χ1n) is 11.8. The fraction of sp³-hybridized carbons (Fsp3) is 0.346. The number of likely N-dealkylation sites (tertiary alicyclic amines) is 1. The lowest BCUT2D eigenvalue weighted by atomic mass is 10.00. The van der Waals surface area contributed by atoms with Crippen molar-refractivity contribution in [3.8, 4) is 5.69 Å². The van der Waals surface area contributed by atoms with Crippen molar-refractivity contribution in [2.24, 2.45) is 0 Å². The largest absolute Gasteiger partial charge is 0.507 e. The third kappa shape index (κ3) is 4.54. The van der Waals surface area contributed by atoms with Crippen LogP contribution in [-0.4, -0.2) is 75.8 Å². The van der Waals surface area contributed by atoms with E-state index in [0.717, 1.165) is 49.8 Å². The minimum atomic E-state index is -0.654. The molecule has 35 heavy (non-hydrogen) atoms. The van der Waals surface area contributed by atoms with E-state index in [9.17, 15) is 14.7 Å². The van der Waals surface area contributed by atoms with Gasteiger partial charge in [0.1, 0.15) is 5.76 Å². The summed E-state index contributed by atoms with van der Waals surface area (Å²) in [6, 6.07) is 12.8. The Balaban J connectivity index is 1.47. The van der Waals surface area contributed by atoms with Crippen molar-refractivity contribution in [3.05, 3.63) is 75.7 Å². The van der Waals surface area contributed by atoms with Gasteiger partial charge in [-0.3, -0.25) is 14.5 Å². The van der Waals surface area contributed by atoms with E-state index < -0.39 is 17.7 Å². The second-order valence-corrected chi connectivity index (χ2v) is 9.69. The molecule has 0 spiro atoms. The number of carbonyl (C=O) groups is 2. The highest BCUT2D eigenvalue weighted by atomic mass is 32.1. The van der Waals surface area contributed by atoms with Gasteiger partial charge in [-0.2, -0.15) is 5.10 Å². The quantitative estimate of drug-likeness (QED) is 0.309. The molecule has 3 aromatic rings. The number of ether oxygens (including phenoxy) is 1. The molecule has 0 aliphatic carbocycles. The van der Waals surface area contributed by atoms with Crippen LogP contribution in [-0.2, 0) is 14.3 Å². The van der Waals surface area contributed by atoms with Gasteiger partial charge < -0.3 is 14.7 Å². The summed E-state index contributed by atoms with van der Waals surface area (Å²) >= 11 is 1.47. The number of ketones is 1. The molecule has 2 saturated heterocycles. The zero-order valence-corrected chi connectivity index (χ0v) is 20.4. The van der Waals surface area contributed by atoms with E-state index in [0.29, 0.717) is 17.8 Å². The van der Waals surface area contributed by atoms with Gasteiger partial charge >= 0.3 is 0 Å². The first-order valence-corrected chi connectivity index (χ1v) is 12.7. The van der Waals surface area contributed by atoms with Gasteiger partial charge in [-0.15, -0.1) is 11.3 Å². The smallest absolute Gasteiger partial charge is 0.295 e. The molecule has 2 aliphatic rings. The number of nitrogens with zero attached hydrogens (tertiary/aromatic N) is 4. The number of amides is 1. The molecule has 1 atom stereocenters. The molecular formula is C26H28N4O4S. The molecule has 4 heterocycles. The fourth-order valence-corrected chi connectivity index (χ4v) is 5.60. The number of para-hydroxylation sites is 1. The van der Waals surface area contributed by atoms with Crippen LogP contribution in [0.5, 0.6) is 0 Å².